The van der Waals surface area contributed by atoms with E-state index < -0.39 is 11.3 Å². The van der Waals surface area contributed by atoms with Crippen LogP contribution in [0.25, 0.3) is 11.0 Å². The van der Waals surface area contributed by atoms with Crippen molar-refractivity contribution < 1.29 is 22.8 Å². The van der Waals surface area contributed by atoms with Crippen molar-refractivity contribution in [3.8, 4) is 0 Å². The lowest BCUT2D eigenvalue weighted by Gasteiger charge is -2.39. The van der Waals surface area contributed by atoms with E-state index in [4.69, 9.17) is 4.98 Å². The van der Waals surface area contributed by atoms with Gasteiger partial charge >= 0.3 is 0 Å². The Morgan fingerprint density at radius 1 is 1.09 bits per heavy atom. The summed E-state index contributed by atoms with van der Waals surface area (Å²) < 4.78 is 41.8. The van der Waals surface area contributed by atoms with Crippen molar-refractivity contribution in [2.45, 2.75) is 77.8 Å². The number of aryl methyl sites for hydroxylation is 1. The standard InChI is InChI=1S/C25H30F2N4O.C7H6FNO.C2H6/c1-17-28-20-7-3-4-8-21(20)31(17)16-24(12-9-18-6-5-15-30(2)22(18)24)23(32)29-19-10-13-25(26,27)14-11-19;8-6-2-1-3-7(4-6)9-5-10;1-2/h3-8,19H,9-16H2,1-2H3,(H,29,32);1-5H,(H,9,10);1-2H3. The minimum absolute atomic E-state index is 0.0444. The zero-order valence-corrected chi connectivity index (χ0v) is 25.9. The highest BCUT2D eigenvalue weighted by molar-refractivity contribution is 5.88. The number of nitrogens with one attached hydrogen (secondary N) is 2. The van der Waals surface area contributed by atoms with Crippen molar-refractivity contribution >= 4 is 29.0 Å². The van der Waals surface area contributed by atoms with Crippen LogP contribution in [0.4, 0.5) is 18.9 Å². The van der Waals surface area contributed by atoms with Gasteiger partial charge in [0.1, 0.15) is 17.1 Å². The van der Waals surface area contributed by atoms with Gasteiger partial charge < -0.3 is 20.1 Å². The Hall–Kier alpha value is -4.08. The lowest BCUT2D eigenvalue weighted by Crippen LogP contribution is -2.51. The molecule has 1 atom stereocenters. The molecule has 7 nitrogen and oxygen atoms in total. The number of nitrogens with zero attached hydrogens (tertiary/aromatic N) is 3. The van der Waals surface area contributed by atoms with E-state index in [1.807, 2.05) is 52.1 Å². The van der Waals surface area contributed by atoms with E-state index in [1.54, 1.807) is 6.07 Å². The zero-order chi connectivity index (χ0) is 31.9. The maximum atomic E-state index is 14.0. The number of alkyl halides is 2. The summed E-state index contributed by atoms with van der Waals surface area (Å²) in [6, 6.07) is 13.5. The highest BCUT2D eigenvalue weighted by atomic mass is 19.3. The van der Waals surface area contributed by atoms with Crippen molar-refractivity contribution in [1.29, 1.82) is 0 Å². The summed E-state index contributed by atoms with van der Waals surface area (Å²) >= 11 is 0. The quantitative estimate of drug-likeness (QED) is 0.295. The second kappa shape index (κ2) is 14.1. The molecule has 0 bridgehead atoms. The number of carbonyl (C=O) groups is 2. The van der Waals surface area contributed by atoms with Crippen molar-refractivity contribution in [2.75, 3.05) is 18.9 Å². The number of fused-ring (bicyclic) bond motifs is 1. The number of anilines is 1. The molecule has 2 aliphatic carbocycles. The van der Waals surface area contributed by atoms with Crippen LogP contribution >= 0.6 is 0 Å². The van der Waals surface area contributed by atoms with Crippen molar-refractivity contribution in [3.05, 3.63) is 83.6 Å². The number of likely N-dealkylation sites (N-methyl/N-ethyl adjacent to an activating group) is 1. The molecule has 2 N–H and O–H groups in total. The van der Waals surface area contributed by atoms with Crippen molar-refractivity contribution in [3.63, 3.8) is 0 Å². The first-order valence-electron chi connectivity index (χ1n) is 15.3. The highest BCUT2D eigenvalue weighted by Gasteiger charge is 2.50. The lowest BCUT2D eigenvalue weighted by atomic mass is 9.81. The van der Waals surface area contributed by atoms with Crippen molar-refractivity contribution in [2.24, 2.45) is 5.41 Å². The SMILES string of the molecule is CC.Cc1nc2ccccc2n1CC1(C(=O)NC2CCC(F)(F)CC2)CCC2=C1N(C)CC=C2.O=CNc1cccc(F)c1. The Labute approximate surface area is 257 Å². The molecule has 1 unspecified atom stereocenters. The molecular formula is C34H42F3N5O2. The van der Waals surface area contributed by atoms with Crippen LogP contribution in [-0.4, -0.2) is 52.3 Å². The van der Waals surface area contributed by atoms with Crippen molar-refractivity contribution in [1.82, 2.24) is 19.8 Å². The van der Waals surface area contributed by atoms with Gasteiger partial charge in [0.2, 0.25) is 18.2 Å². The molecule has 1 saturated carbocycles. The molecule has 0 saturated heterocycles. The van der Waals surface area contributed by atoms with E-state index in [2.05, 4.69) is 32.3 Å². The van der Waals surface area contributed by atoms with Gasteiger partial charge in [0.05, 0.1) is 11.0 Å². The second-order valence-corrected chi connectivity index (χ2v) is 11.3. The van der Waals surface area contributed by atoms with Gasteiger partial charge in [-0.2, -0.15) is 0 Å². The van der Waals surface area contributed by atoms with E-state index in [-0.39, 0.29) is 30.6 Å². The average molecular weight is 610 g/mol. The molecule has 6 rings (SSSR count). The molecule has 2 aromatic carbocycles. The summed E-state index contributed by atoms with van der Waals surface area (Å²) in [5.41, 5.74) is 3.91. The Kier molecular flexibility index (Phi) is 10.5. The summed E-state index contributed by atoms with van der Waals surface area (Å²) in [5.74, 6) is -2.13. The first-order chi connectivity index (χ1) is 21.1. The average Bonchev–Trinajstić information content (AvgIpc) is 3.54. The van der Waals surface area contributed by atoms with E-state index >= 15 is 0 Å². The normalized spacial score (nSPS) is 20.7. The number of benzene rings is 2. The monoisotopic (exact) mass is 609 g/mol. The Morgan fingerprint density at radius 3 is 2.52 bits per heavy atom. The van der Waals surface area contributed by atoms with Crippen LogP contribution in [0.15, 0.2) is 72.0 Å². The number of carbonyl (C=O) groups excluding carboxylic acids is 2. The first-order valence-corrected chi connectivity index (χ1v) is 15.3. The van der Waals surface area contributed by atoms with Crippen LogP contribution in [0.5, 0.6) is 0 Å². The van der Waals surface area contributed by atoms with Crippen LogP contribution in [0.3, 0.4) is 0 Å². The van der Waals surface area contributed by atoms with Crippen LogP contribution in [0, 0.1) is 18.2 Å². The number of aromatic nitrogens is 2. The van der Waals surface area contributed by atoms with Gasteiger partial charge in [-0.05, 0) is 68.5 Å². The number of amides is 2. The molecule has 3 aromatic rings. The summed E-state index contributed by atoms with van der Waals surface area (Å²) in [7, 11) is 2.03. The number of halogens is 3. The molecule has 236 valence electrons. The van der Waals surface area contributed by atoms with Crippen LogP contribution < -0.4 is 10.6 Å². The third kappa shape index (κ3) is 7.17. The van der Waals surface area contributed by atoms with E-state index in [1.165, 1.54) is 23.8 Å². The molecule has 1 aliphatic heterocycles. The number of allylic oxidation sites excluding steroid dienone is 2. The van der Waals surface area contributed by atoms with E-state index in [0.29, 0.717) is 37.9 Å². The molecule has 1 aromatic heterocycles. The molecule has 0 radical (unpaired) electrons. The summed E-state index contributed by atoms with van der Waals surface area (Å²) in [5, 5.41) is 5.51. The Morgan fingerprint density at radius 2 is 1.82 bits per heavy atom. The maximum Gasteiger partial charge on any atom is 0.248 e. The molecule has 2 heterocycles. The molecule has 10 heteroatoms. The first kappa shape index (κ1) is 32.8. The molecule has 1 fully saturated rings. The van der Waals surface area contributed by atoms with Crippen LogP contribution in [-0.2, 0) is 16.1 Å². The van der Waals surface area contributed by atoms with E-state index in [0.717, 1.165) is 35.5 Å². The largest absolute Gasteiger partial charge is 0.373 e. The fraction of sp³-hybridized carbons (Fsp3) is 0.441. The summed E-state index contributed by atoms with van der Waals surface area (Å²) in [6.07, 6.45) is 6.64. The summed E-state index contributed by atoms with van der Waals surface area (Å²) in [4.78, 5) is 30.7. The minimum atomic E-state index is -2.61. The second-order valence-electron chi connectivity index (χ2n) is 11.3. The van der Waals surface area contributed by atoms with Crippen LogP contribution in [0.2, 0.25) is 0 Å². The molecule has 3 aliphatic rings. The Bertz CT molecular complexity index is 1520. The van der Waals surface area contributed by atoms with E-state index in [9.17, 15) is 22.8 Å². The zero-order valence-electron chi connectivity index (χ0n) is 25.9. The van der Waals surface area contributed by atoms with Gasteiger partial charge in [-0.25, -0.2) is 18.2 Å². The number of hydrogen-bond acceptors (Lipinski definition) is 4. The topological polar surface area (TPSA) is 79.3 Å². The fourth-order valence-electron chi connectivity index (χ4n) is 6.38. The van der Waals surface area contributed by atoms with Gasteiger partial charge in [0, 0.05) is 50.4 Å². The molecule has 44 heavy (non-hydrogen) atoms. The lowest BCUT2D eigenvalue weighted by molar-refractivity contribution is -0.132. The predicted octanol–water partition coefficient (Wildman–Crippen LogP) is 6.99. The third-order valence-electron chi connectivity index (χ3n) is 8.47. The Balaban J connectivity index is 0.000000312. The van der Waals surface area contributed by atoms with Gasteiger partial charge in [-0.15, -0.1) is 0 Å². The smallest absolute Gasteiger partial charge is 0.248 e. The number of rotatable bonds is 6. The minimum Gasteiger partial charge on any atom is -0.373 e. The number of para-hydroxylation sites is 2. The predicted molar refractivity (Wildman–Crippen MR) is 168 cm³/mol. The van der Waals surface area contributed by atoms with Gasteiger partial charge in [-0.1, -0.05) is 44.2 Å². The fourth-order valence-corrected chi connectivity index (χ4v) is 6.38. The third-order valence-corrected chi connectivity index (χ3v) is 8.47. The highest BCUT2D eigenvalue weighted by Crippen LogP contribution is 2.48. The van der Waals surface area contributed by atoms with Crippen LogP contribution in [0.1, 0.15) is 58.2 Å². The van der Waals surface area contributed by atoms with Gasteiger partial charge in [0.25, 0.3) is 0 Å². The maximum absolute atomic E-state index is 14.0. The number of imidazole rings is 1. The van der Waals surface area contributed by atoms with Gasteiger partial charge in [0.15, 0.2) is 0 Å². The van der Waals surface area contributed by atoms with Gasteiger partial charge in [-0.3, -0.25) is 9.59 Å². The molecule has 0 spiro atoms. The summed E-state index contributed by atoms with van der Waals surface area (Å²) in [6.45, 7) is 7.22. The molecule has 2 amide bonds. The number of hydrogen-bond donors (Lipinski definition) is 2. The molecular weight excluding hydrogens is 567 g/mol.